The molecule has 1 aliphatic rings. The fourth-order valence-electron chi connectivity index (χ4n) is 3.78. The summed E-state index contributed by atoms with van der Waals surface area (Å²) in [7, 11) is 0. The van der Waals surface area contributed by atoms with Crippen LogP contribution in [0.5, 0.6) is 5.75 Å². The lowest BCUT2D eigenvalue weighted by molar-refractivity contribution is -0.150. The van der Waals surface area contributed by atoms with Crippen molar-refractivity contribution in [2.24, 2.45) is 0 Å². The Morgan fingerprint density at radius 1 is 1.03 bits per heavy atom. The van der Waals surface area contributed by atoms with E-state index in [2.05, 4.69) is 10.3 Å². The number of aromatic nitrogens is 1. The van der Waals surface area contributed by atoms with Gasteiger partial charge in [0.15, 0.2) is 6.29 Å². The highest BCUT2D eigenvalue weighted by Crippen LogP contribution is 2.35. The van der Waals surface area contributed by atoms with Crippen LogP contribution in [0, 0.1) is 0 Å². The molecule has 1 aromatic heterocycles. The number of ether oxygens (including phenoxy) is 2. The molecule has 8 heteroatoms. The molecule has 0 spiro atoms. The molecule has 2 heterocycles. The number of rotatable bonds is 10. The van der Waals surface area contributed by atoms with Crippen LogP contribution in [-0.2, 0) is 22.4 Å². The Bertz CT molecular complexity index is 1150. The summed E-state index contributed by atoms with van der Waals surface area (Å²) in [6.45, 7) is 3.97. The molecule has 0 aliphatic carbocycles. The summed E-state index contributed by atoms with van der Waals surface area (Å²) in [6.07, 6.45) is 1.34. The van der Waals surface area contributed by atoms with Crippen molar-refractivity contribution in [3.05, 3.63) is 95.3 Å². The fraction of sp³-hybridized carbons (Fsp3) is 0.296. The van der Waals surface area contributed by atoms with Gasteiger partial charge in [0.05, 0.1) is 0 Å². The first-order valence-corrected chi connectivity index (χ1v) is 12.3. The summed E-state index contributed by atoms with van der Waals surface area (Å²) in [5, 5.41) is 12.7. The lowest BCUT2D eigenvalue weighted by Crippen LogP contribution is -2.35. The van der Waals surface area contributed by atoms with E-state index in [1.165, 1.54) is 0 Å². The van der Waals surface area contributed by atoms with Gasteiger partial charge in [0.2, 0.25) is 5.91 Å². The van der Waals surface area contributed by atoms with Gasteiger partial charge >= 0.3 is 0 Å². The molecule has 2 amide bonds. The summed E-state index contributed by atoms with van der Waals surface area (Å²) in [5.74, 6) is 0.354. The number of aliphatic hydroxyl groups is 1. The Hall–Kier alpha value is -3.20. The van der Waals surface area contributed by atoms with E-state index >= 15 is 0 Å². The van der Waals surface area contributed by atoms with Crippen molar-refractivity contribution in [3.8, 4) is 5.75 Å². The second-order valence-electron chi connectivity index (χ2n) is 8.53. The number of aryl methyl sites for hydroxylation is 1. The van der Waals surface area contributed by atoms with Crippen LogP contribution in [0.25, 0.3) is 0 Å². The molecule has 0 radical (unpaired) electrons. The van der Waals surface area contributed by atoms with E-state index in [-0.39, 0.29) is 17.8 Å². The summed E-state index contributed by atoms with van der Waals surface area (Å²) in [4.78, 5) is 28.1. The molecule has 2 aromatic carbocycles. The van der Waals surface area contributed by atoms with E-state index in [9.17, 15) is 14.7 Å². The van der Waals surface area contributed by atoms with E-state index in [1.807, 2.05) is 61.5 Å². The van der Waals surface area contributed by atoms with Crippen molar-refractivity contribution in [1.82, 2.24) is 10.3 Å². The zero-order valence-electron chi connectivity index (χ0n) is 19.6. The third-order valence-electron chi connectivity index (χ3n) is 5.84. The predicted molar refractivity (Wildman–Crippen MR) is 134 cm³/mol. The number of carbonyl (C=O) groups excluding carboxylic acids is 2. The third-order valence-corrected chi connectivity index (χ3v) is 6.91. The SMILES string of the molecule is CCc1ccc(C(COc2ccc(CC3(C)SC(=O)NC3=O)cc2)OC(O)c2ccccc2)cn1. The van der Waals surface area contributed by atoms with Gasteiger partial charge in [-0.1, -0.05) is 55.5 Å². The summed E-state index contributed by atoms with van der Waals surface area (Å²) >= 11 is 1.02. The number of hydrogen-bond donors (Lipinski definition) is 2. The number of carbonyl (C=O) groups is 2. The third kappa shape index (κ3) is 6.28. The largest absolute Gasteiger partial charge is 0.491 e. The Morgan fingerprint density at radius 2 is 1.77 bits per heavy atom. The maximum Gasteiger partial charge on any atom is 0.286 e. The number of amides is 2. The summed E-state index contributed by atoms with van der Waals surface area (Å²) in [6, 6.07) is 20.4. The molecule has 35 heavy (non-hydrogen) atoms. The van der Waals surface area contributed by atoms with Crippen LogP contribution >= 0.6 is 11.8 Å². The van der Waals surface area contributed by atoms with Crippen LogP contribution in [0.3, 0.4) is 0 Å². The average Bonchev–Trinajstić information content (AvgIpc) is 3.13. The van der Waals surface area contributed by atoms with Crippen LogP contribution in [0.2, 0.25) is 0 Å². The number of benzene rings is 2. The second kappa shape index (κ2) is 11.0. The number of aliphatic hydroxyl groups excluding tert-OH is 1. The van der Waals surface area contributed by atoms with Crippen LogP contribution in [0.15, 0.2) is 72.9 Å². The first kappa shape index (κ1) is 24.9. The lowest BCUT2D eigenvalue weighted by Gasteiger charge is -2.23. The van der Waals surface area contributed by atoms with Crippen molar-refractivity contribution in [1.29, 1.82) is 0 Å². The Balaban J connectivity index is 1.43. The first-order valence-electron chi connectivity index (χ1n) is 11.5. The molecule has 3 aromatic rings. The Labute approximate surface area is 208 Å². The van der Waals surface area contributed by atoms with E-state index < -0.39 is 17.1 Å². The van der Waals surface area contributed by atoms with Gasteiger partial charge < -0.3 is 14.6 Å². The number of pyridine rings is 1. The lowest BCUT2D eigenvalue weighted by atomic mass is 9.99. The molecule has 3 atom stereocenters. The molecule has 7 nitrogen and oxygen atoms in total. The maximum absolute atomic E-state index is 12.1. The fourth-order valence-corrected chi connectivity index (χ4v) is 4.72. The number of thioether (sulfide) groups is 1. The zero-order chi connectivity index (χ0) is 24.8. The molecule has 0 saturated carbocycles. The minimum atomic E-state index is -1.11. The smallest absolute Gasteiger partial charge is 0.286 e. The topological polar surface area (TPSA) is 97.8 Å². The van der Waals surface area contributed by atoms with Crippen molar-refractivity contribution in [2.75, 3.05) is 6.61 Å². The van der Waals surface area contributed by atoms with Crippen LogP contribution in [-0.4, -0.2) is 32.6 Å². The molecule has 3 unspecified atom stereocenters. The molecule has 4 rings (SSSR count). The highest BCUT2D eigenvalue weighted by atomic mass is 32.2. The van der Waals surface area contributed by atoms with Gasteiger partial charge in [-0.3, -0.25) is 19.9 Å². The molecule has 2 N–H and O–H groups in total. The van der Waals surface area contributed by atoms with Crippen LogP contribution < -0.4 is 10.1 Å². The Morgan fingerprint density at radius 3 is 2.37 bits per heavy atom. The quantitative estimate of drug-likeness (QED) is 0.394. The van der Waals surface area contributed by atoms with Gasteiger partial charge in [-0.25, -0.2) is 0 Å². The number of nitrogens with zero attached hydrogens (tertiary/aromatic N) is 1. The van der Waals surface area contributed by atoms with Crippen LogP contribution in [0.1, 0.15) is 48.6 Å². The van der Waals surface area contributed by atoms with E-state index in [1.54, 1.807) is 25.3 Å². The zero-order valence-corrected chi connectivity index (χ0v) is 20.5. The Kier molecular flexibility index (Phi) is 7.85. The predicted octanol–water partition coefficient (Wildman–Crippen LogP) is 4.76. The molecule has 0 bridgehead atoms. The minimum absolute atomic E-state index is 0.168. The van der Waals surface area contributed by atoms with Gasteiger partial charge in [0.25, 0.3) is 5.24 Å². The van der Waals surface area contributed by atoms with Gasteiger partial charge in [0, 0.05) is 23.0 Å². The monoisotopic (exact) mass is 492 g/mol. The second-order valence-corrected chi connectivity index (χ2v) is 10.0. The van der Waals surface area contributed by atoms with Gasteiger partial charge in [-0.15, -0.1) is 0 Å². The van der Waals surface area contributed by atoms with Gasteiger partial charge in [-0.2, -0.15) is 0 Å². The standard InChI is InChI=1S/C27H28N2O5S/c1-3-21-12-11-20(16-28-21)23(34-24(30)19-7-5-4-6-8-19)17-33-22-13-9-18(10-14-22)15-27(2)25(31)29-26(32)35-27/h4-14,16,23-24,30H,3,15,17H2,1-2H3,(H,29,31,32). The number of nitrogens with one attached hydrogen (secondary N) is 1. The molecular weight excluding hydrogens is 464 g/mol. The first-order chi connectivity index (χ1) is 16.9. The average molecular weight is 493 g/mol. The normalized spacial score (nSPS) is 19.3. The summed E-state index contributed by atoms with van der Waals surface area (Å²) < 4.78 is 11.2. The summed E-state index contributed by atoms with van der Waals surface area (Å²) in [5.41, 5.74) is 3.34. The van der Waals surface area contributed by atoms with E-state index in [0.717, 1.165) is 35.0 Å². The van der Waals surface area contributed by atoms with E-state index in [0.29, 0.717) is 17.7 Å². The van der Waals surface area contributed by atoms with Gasteiger partial charge in [0.1, 0.15) is 23.2 Å². The molecular formula is C27H28N2O5S. The van der Waals surface area contributed by atoms with Crippen LogP contribution in [0.4, 0.5) is 4.79 Å². The maximum atomic E-state index is 12.1. The molecule has 1 aliphatic heterocycles. The van der Waals surface area contributed by atoms with Crippen molar-refractivity contribution in [3.63, 3.8) is 0 Å². The highest BCUT2D eigenvalue weighted by Gasteiger charge is 2.43. The van der Waals surface area contributed by atoms with E-state index in [4.69, 9.17) is 9.47 Å². The van der Waals surface area contributed by atoms with Gasteiger partial charge in [-0.05, 0) is 55.3 Å². The minimum Gasteiger partial charge on any atom is -0.491 e. The van der Waals surface area contributed by atoms with Crippen molar-refractivity contribution < 1.29 is 24.2 Å². The number of hydrogen-bond acceptors (Lipinski definition) is 7. The highest BCUT2D eigenvalue weighted by molar-refractivity contribution is 8.16. The molecule has 1 saturated heterocycles. The van der Waals surface area contributed by atoms with Crippen molar-refractivity contribution in [2.45, 2.75) is 43.8 Å². The van der Waals surface area contributed by atoms with Crippen molar-refractivity contribution >= 4 is 22.9 Å². The molecule has 1 fully saturated rings. The molecule has 182 valence electrons. The number of imide groups is 1.